The fourth-order valence-electron chi connectivity index (χ4n) is 2.67. The summed E-state index contributed by atoms with van der Waals surface area (Å²) < 4.78 is 21.0. The van der Waals surface area contributed by atoms with Crippen LogP contribution in [0.4, 0.5) is 5.69 Å². The van der Waals surface area contributed by atoms with Crippen LogP contribution in [0.3, 0.4) is 0 Å². The number of aryl methyl sites for hydroxylation is 1. The highest BCUT2D eigenvalue weighted by atomic mass is 16.7. The summed E-state index contributed by atoms with van der Waals surface area (Å²) in [4.78, 5) is 24.3. The van der Waals surface area contributed by atoms with Crippen LogP contribution >= 0.6 is 0 Å². The Labute approximate surface area is 157 Å². The van der Waals surface area contributed by atoms with Gasteiger partial charge in [-0.2, -0.15) is 0 Å². The molecular weight excluding hydrogens is 350 g/mol. The van der Waals surface area contributed by atoms with Crippen molar-refractivity contribution in [3.05, 3.63) is 48.0 Å². The monoisotopic (exact) mass is 371 g/mol. The van der Waals surface area contributed by atoms with Crippen LogP contribution < -0.4 is 19.5 Å². The van der Waals surface area contributed by atoms with Crippen molar-refractivity contribution in [3.63, 3.8) is 0 Å². The molecule has 1 aliphatic heterocycles. The predicted molar refractivity (Wildman–Crippen MR) is 98.1 cm³/mol. The number of anilines is 1. The van der Waals surface area contributed by atoms with Gasteiger partial charge < -0.3 is 24.3 Å². The topological polar surface area (TPSA) is 83.1 Å². The summed E-state index contributed by atoms with van der Waals surface area (Å²) in [7, 11) is 1.58. The number of benzene rings is 2. The Morgan fingerprint density at radius 1 is 1.15 bits per heavy atom. The smallest absolute Gasteiger partial charge is 0.306 e. The maximum atomic E-state index is 12.2. The summed E-state index contributed by atoms with van der Waals surface area (Å²) in [5.41, 5.74) is 1.45. The standard InChI is InChI=1S/C20H21NO6/c1-13(20(23)21-15-8-9-17-18(11-15)26-12-25-17)27-19(22)10-7-14-5-3-4-6-16(14)24-2/h3-6,8-9,11,13H,7,10,12H2,1-2H3,(H,21,23). The lowest BCUT2D eigenvalue weighted by molar-refractivity contribution is -0.153. The minimum Gasteiger partial charge on any atom is -0.496 e. The van der Waals surface area contributed by atoms with Gasteiger partial charge in [-0.15, -0.1) is 0 Å². The number of amides is 1. The number of nitrogens with one attached hydrogen (secondary N) is 1. The van der Waals surface area contributed by atoms with Gasteiger partial charge in [0.1, 0.15) is 5.75 Å². The second-order valence-corrected chi connectivity index (χ2v) is 6.00. The third-order valence-electron chi connectivity index (χ3n) is 4.11. The number of para-hydroxylation sites is 1. The van der Waals surface area contributed by atoms with E-state index in [9.17, 15) is 9.59 Å². The third kappa shape index (κ3) is 4.69. The number of carbonyl (C=O) groups excluding carboxylic acids is 2. The summed E-state index contributed by atoms with van der Waals surface area (Å²) in [5, 5.41) is 2.70. The Kier molecular flexibility index (Phi) is 5.80. The molecule has 0 aromatic heterocycles. The predicted octanol–water partition coefficient (Wildman–Crippen LogP) is 2.93. The SMILES string of the molecule is COc1ccccc1CCC(=O)OC(C)C(=O)Nc1ccc2c(c1)OCO2. The van der Waals surface area contributed by atoms with Crippen molar-refractivity contribution in [2.24, 2.45) is 0 Å². The molecule has 142 valence electrons. The number of hydrogen-bond acceptors (Lipinski definition) is 6. The molecule has 1 heterocycles. The molecule has 1 N–H and O–H groups in total. The number of esters is 1. The first kappa shape index (κ1) is 18.6. The lowest BCUT2D eigenvalue weighted by Gasteiger charge is -2.14. The number of fused-ring (bicyclic) bond motifs is 1. The minimum atomic E-state index is -0.916. The molecule has 2 aromatic carbocycles. The molecule has 0 fully saturated rings. The molecule has 0 radical (unpaired) electrons. The Hall–Kier alpha value is -3.22. The van der Waals surface area contributed by atoms with E-state index in [-0.39, 0.29) is 13.2 Å². The van der Waals surface area contributed by atoms with Gasteiger partial charge in [-0.05, 0) is 37.1 Å². The highest BCUT2D eigenvalue weighted by molar-refractivity contribution is 5.95. The van der Waals surface area contributed by atoms with Crippen LogP contribution in [-0.2, 0) is 20.7 Å². The molecule has 1 amide bonds. The molecule has 0 aliphatic carbocycles. The van der Waals surface area contributed by atoms with E-state index >= 15 is 0 Å². The fourth-order valence-corrected chi connectivity index (χ4v) is 2.67. The van der Waals surface area contributed by atoms with Crippen LogP contribution in [0.1, 0.15) is 18.9 Å². The molecule has 2 aromatic rings. The van der Waals surface area contributed by atoms with Crippen LogP contribution in [0.2, 0.25) is 0 Å². The van der Waals surface area contributed by atoms with Crippen LogP contribution in [0.15, 0.2) is 42.5 Å². The van der Waals surface area contributed by atoms with Crippen molar-refractivity contribution in [1.29, 1.82) is 0 Å². The maximum absolute atomic E-state index is 12.2. The normalized spacial score (nSPS) is 13.0. The Balaban J connectivity index is 1.49. The van der Waals surface area contributed by atoms with E-state index in [1.165, 1.54) is 6.92 Å². The molecule has 0 bridgehead atoms. The molecular formula is C20H21NO6. The third-order valence-corrected chi connectivity index (χ3v) is 4.11. The minimum absolute atomic E-state index is 0.155. The van der Waals surface area contributed by atoms with Gasteiger partial charge in [-0.25, -0.2) is 0 Å². The lowest BCUT2D eigenvalue weighted by Crippen LogP contribution is -2.30. The Morgan fingerprint density at radius 2 is 1.93 bits per heavy atom. The molecule has 0 saturated carbocycles. The Morgan fingerprint density at radius 3 is 2.74 bits per heavy atom. The first-order chi connectivity index (χ1) is 13.1. The molecule has 1 aliphatic rings. The largest absolute Gasteiger partial charge is 0.496 e. The highest BCUT2D eigenvalue weighted by Crippen LogP contribution is 2.34. The summed E-state index contributed by atoms with van der Waals surface area (Å²) in [6.45, 7) is 1.69. The van der Waals surface area contributed by atoms with Gasteiger partial charge in [0.15, 0.2) is 17.6 Å². The molecule has 1 unspecified atom stereocenters. The molecule has 7 nitrogen and oxygen atoms in total. The van der Waals surface area contributed by atoms with Crippen molar-refractivity contribution in [2.75, 3.05) is 19.2 Å². The summed E-state index contributed by atoms with van der Waals surface area (Å²) >= 11 is 0. The summed E-state index contributed by atoms with van der Waals surface area (Å²) in [5.74, 6) is 1.05. The number of hydrogen-bond donors (Lipinski definition) is 1. The Bertz CT molecular complexity index is 835. The van der Waals surface area contributed by atoms with E-state index in [1.807, 2.05) is 24.3 Å². The highest BCUT2D eigenvalue weighted by Gasteiger charge is 2.20. The fraction of sp³-hybridized carbons (Fsp3) is 0.300. The van der Waals surface area contributed by atoms with E-state index < -0.39 is 18.0 Å². The van der Waals surface area contributed by atoms with Gasteiger partial charge in [0.05, 0.1) is 7.11 Å². The van der Waals surface area contributed by atoms with Gasteiger partial charge in [0, 0.05) is 18.2 Å². The molecule has 0 spiro atoms. The van der Waals surface area contributed by atoms with Gasteiger partial charge in [-0.3, -0.25) is 9.59 Å². The summed E-state index contributed by atoms with van der Waals surface area (Å²) in [6, 6.07) is 12.5. The molecule has 0 saturated heterocycles. The van der Waals surface area contributed by atoms with E-state index in [1.54, 1.807) is 25.3 Å². The summed E-state index contributed by atoms with van der Waals surface area (Å²) in [6.07, 6.45) is -0.290. The molecule has 3 rings (SSSR count). The average Bonchev–Trinajstić information content (AvgIpc) is 3.14. The van der Waals surface area contributed by atoms with E-state index in [0.29, 0.717) is 23.6 Å². The molecule has 27 heavy (non-hydrogen) atoms. The van der Waals surface area contributed by atoms with Crippen molar-refractivity contribution in [2.45, 2.75) is 25.9 Å². The van der Waals surface area contributed by atoms with Gasteiger partial charge >= 0.3 is 5.97 Å². The maximum Gasteiger partial charge on any atom is 0.306 e. The zero-order valence-electron chi connectivity index (χ0n) is 15.2. The number of methoxy groups -OCH3 is 1. The zero-order chi connectivity index (χ0) is 19.2. The van der Waals surface area contributed by atoms with Crippen molar-refractivity contribution >= 4 is 17.6 Å². The number of carbonyl (C=O) groups is 2. The second-order valence-electron chi connectivity index (χ2n) is 6.00. The second kappa shape index (κ2) is 8.44. The first-order valence-corrected chi connectivity index (χ1v) is 8.58. The van der Waals surface area contributed by atoms with Crippen molar-refractivity contribution in [1.82, 2.24) is 0 Å². The zero-order valence-corrected chi connectivity index (χ0v) is 15.2. The van der Waals surface area contributed by atoms with Gasteiger partial charge in [-0.1, -0.05) is 18.2 Å². The van der Waals surface area contributed by atoms with Crippen molar-refractivity contribution < 1.29 is 28.5 Å². The van der Waals surface area contributed by atoms with E-state index in [0.717, 1.165) is 11.3 Å². The molecule has 1 atom stereocenters. The first-order valence-electron chi connectivity index (χ1n) is 8.58. The van der Waals surface area contributed by atoms with Crippen molar-refractivity contribution in [3.8, 4) is 17.2 Å². The van der Waals surface area contributed by atoms with E-state index in [4.69, 9.17) is 18.9 Å². The van der Waals surface area contributed by atoms with Gasteiger partial charge in [0.2, 0.25) is 6.79 Å². The van der Waals surface area contributed by atoms with Crippen LogP contribution in [0.5, 0.6) is 17.2 Å². The van der Waals surface area contributed by atoms with Crippen LogP contribution in [0, 0.1) is 0 Å². The average molecular weight is 371 g/mol. The lowest BCUT2D eigenvalue weighted by atomic mass is 10.1. The number of ether oxygens (including phenoxy) is 4. The number of rotatable bonds is 7. The molecule has 7 heteroatoms. The van der Waals surface area contributed by atoms with Gasteiger partial charge in [0.25, 0.3) is 5.91 Å². The van der Waals surface area contributed by atoms with Crippen LogP contribution in [-0.4, -0.2) is 31.9 Å². The quantitative estimate of drug-likeness (QED) is 0.754. The van der Waals surface area contributed by atoms with E-state index in [2.05, 4.69) is 5.32 Å². The van der Waals surface area contributed by atoms with Crippen LogP contribution in [0.25, 0.3) is 0 Å².